The number of nitrogens with zero attached hydrogens (tertiary/aromatic N) is 3. The molecule has 0 atom stereocenters. The smallest absolute Gasteiger partial charge is 0.261 e. The van der Waals surface area contributed by atoms with Gasteiger partial charge in [0.1, 0.15) is 6.26 Å². The predicted molar refractivity (Wildman–Crippen MR) is 62.1 cm³/mol. The highest BCUT2D eigenvalue weighted by Gasteiger charge is 2.16. The van der Waals surface area contributed by atoms with Crippen LogP contribution in [0.15, 0.2) is 33.6 Å². The maximum Gasteiger partial charge on any atom is 0.261 e. The Morgan fingerprint density at radius 2 is 2.35 bits per heavy atom. The molecule has 0 unspecified atom stereocenters. The highest BCUT2D eigenvalue weighted by atomic mass is 16.5. The molecule has 0 aliphatic carbocycles. The van der Waals surface area contributed by atoms with Crippen LogP contribution in [0.25, 0.3) is 17.0 Å². The van der Waals surface area contributed by atoms with Crippen molar-refractivity contribution < 1.29 is 8.94 Å². The van der Waals surface area contributed by atoms with E-state index in [0.717, 1.165) is 30.6 Å². The van der Waals surface area contributed by atoms with E-state index in [2.05, 4.69) is 28.2 Å². The van der Waals surface area contributed by atoms with Gasteiger partial charge in [-0.3, -0.25) is 0 Å². The van der Waals surface area contributed by atoms with Crippen molar-refractivity contribution in [3.05, 3.63) is 30.5 Å². The Labute approximate surface area is 98.7 Å². The predicted octanol–water partition coefficient (Wildman–Crippen LogP) is 2.05. The van der Waals surface area contributed by atoms with Crippen LogP contribution in [0.1, 0.15) is 12.2 Å². The Balaban J connectivity index is 1.88. The maximum absolute atomic E-state index is 5.22. The molecule has 3 rings (SSSR count). The fourth-order valence-electron chi connectivity index (χ4n) is 1.91. The second kappa shape index (κ2) is 4.18. The minimum absolute atomic E-state index is 0.503. The lowest BCUT2D eigenvalue weighted by Crippen LogP contribution is -2.25. The average molecular weight is 231 g/mol. The highest BCUT2D eigenvalue weighted by Crippen LogP contribution is 2.22. The average Bonchev–Trinajstić information content (AvgIpc) is 3.00. The molecular formula is C12H13N3O2. The van der Waals surface area contributed by atoms with E-state index in [1.165, 1.54) is 0 Å². The SMILES string of the molecule is CN1CCC=C(c2noc(-c3ccoc3)n2)C1. The van der Waals surface area contributed by atoms with Gasteiger partial charge in [-0.05, 0) is 19.5 Å². The third kappa shape index (κ3) is 2.01. The summed E-state index contributed by atoms with van der Waals surface area (Å²) in [6.45, 7) is 1.94. The molecule has 0 spiro atoms. The van der Waals surface area contributed by atoms with Gasteiger partial charge < -0.3 is 13.8 Å². The zero-order valence-corrected chi connectivity index (χ0v) is 9.59. The van der Waals surface area contributed by atoms with E-state index >= 15 is 0 Å². The summed E-state index contributed by atoms with van der Waals surface area (Å²) < 4.78 is 10.2. The number of hydrogen-bond donors (Lipinski definition) is 0. The Kier molecular flexibility index (Phi) is 2.53. The molecule has 1 aliphatic heterocycles. The lowest BCUT2D eigenvalue weighted by molar-refractivity contribution is 0.370. The fourth-order valence-corrected chi connectivity index (χ4v) is 1.91. The summed E-state index contributed by atoms with van der Waals surface area (Å²) >= 11 is 0. The highest BCUT2D eigenvalue weighted by molar-refractivity contribution is 5.63. The van der Waals surface area contributed by atoms with Crippen molar-refractivity contribution in [1.82, 2.24) is 15.0 Å². The second-order valence-electron chi connectivity index (χ2n) is 4.19. The van der Waals surface area contributed by atoms with Gasteiger partial charge in [0.25, 0.3) is 5.89 Å². The summed E-state index contributed by atoms with van der Waals surface area (Å²) in [6.07, 6.45) is 6.39. The summed E-state index contributed by atoms with van der Waals surface area (Å²) in [6, 6.07) is 1.80. The van der Waals surface area contributed by atoms with Crippen LogP contribution in [0.2, 0.25) is 0 Å². The summed E-state index contributed by atoms with van der Waals surface area (Å²) in [5.41, 5.74) is 1.94. The molecule has 17 heavy (non-hydrogen) atoms. The molecule has 0 amide bonds. The largest absolute Gasteiger partial charge is 0.472 e. The fraction of sp³-hybridized carbons (Fsp3) is 0.333. The van der Waals surface area contributed by atoms with Crippen molar-refractivity contribution in [2.45, 2.75) is 6.42 Å². The Bertz CT molecular complexity index is 528. The molecular weight excluding hydrogens is 218 g/mol. The van der Waals surface area contributed by atoms with Gasteiger partial charge >= 0.3 is 0 Å². The van der Waals surface area contributed by atoms with Gasteiger partial charge in [0.15, 0.2) is 5.82 Å². The summed E-state index contributed by atoms with van der Waals surface area (Å²) in [4.78, 5) is 6.62. The normalized spacial score (nSPS) is 17.1. The van der Waals surface area contributed by atoms with E-state index < -0.39 is 0 Å². The van der Waals surface area contributed by atoms with Crippen molar-refractivity contribution >= 4 is 5.57 Å². The summed E-state index contributed by atoms with van der Waals surface area (Å²) in [7, 11) is 2.09. The molecule has 0 radical (unpaired) electrons. The maximum atomic E-state index is 5.22. The van der Waals surface area contributed by atoms with Gasteiger partial charge in [0.05, 0.1) is 11.8 Å². The lowest BCUT2D eigenvalue weighted by Gasteiger charge is -2.20. The minimum atomic E-state index is 0.503. The van der Waals surface area contributed by atoms with Gasteiger partial charge in [-0.15, -0.1) is 0 Å². The van der Waals surface area contributed by atoms with Crippen molar-refractivity contribution in [2.75, 3.05) is 20.1 Å². The monoisotopic (exact) mass is 231 g/mol. The van der Waals surface area contributed by atoms with Gasteiger partial charge in [-0.1, -0.05) is 11.2 Å². The van der Waals surface area contributed by atoms with Crippen LogP contribution in [-0.2, 0) is 0 Å². The molecule has 0 N–H and O–H groups in total. The van der Waals surface area contributed by atoms with Crippen LogP contribution in [0.5, 0.6) is 0 Å². The number of furan rings is 1. The third-order valence-electron chi connectivity index (χ3n) is 2.82. The topological polar surface area (TPSA) is 55.3 Å². The standard InChI is InChI=1S/C12H13N3O2/c1-15-5-2-3-9(7-15)11-13-12(17-14-11)10-4-6-16-8-10/h3-4,6,8H,2,5,7H2,1H3. The summed E-state index contributed by atoms with van der Waals surface area (Å²) in [5, 5.41) is 4.01. The van der Waals surface area contributed by atoms with Crippen LogP contribution in [0, 0.1) is 0 Å². The van der Waals surface area contributed by atoms with E-state index in [1.54, 1.807) is 18.6 Å². The van der Waals surface area contributed by atoms with E-state index in [-0.39, 0.29) is 0 Å². The lowest BCUT2D eigenvalue weighted by atomic mass is 10.1. The molecule has 3 heterocycles. The van der Waals surface area contributed by atoms with Crippen LogP contribution in [0.4, 0.5) is 0 Å². The Morgan fingerprint density at radius 1 is 1.41 bits per heavy atom. The van der Waals surface area contributed by atoms with Gasteiger partial charge in [0, 0.05) is 18.7 Å². The van der Waals surface area contributed by atoms with Crippen LogP contribution >= 0.6 is 0 Å². The van der Waals surface area contributed by atoms with E-state index in [9.17, 15) is 0 Å². The molecule has 2 aromatic heterocycles. The number of likely N-dealkylation sites (N-methyl/N-ethyl adjacent to an activating group) is 1. The van der Waals surface area contributed by atoms with E-state index in [1.807, 2.05) is 0 Å². The molecule has 0 aromatic carbocycles. The van der Waals surface area contributed by atoms with E-state index in [4.69, 9.17) is 8.94 Å². The quantitative estimate of drug-likeness (QED) is 0.791. The first kappa shape index (κ1) is 10.3. The molecule has 2 aromatic rings. The molecule has 5 nitrogen and oxygen atoms in total. The second-order valence-corrected chi connectivity index (χ2v) is 4.19. The van der Waals surface area contributed by atoms with Crippen molar-refractivity contribution in [2.24, 2.45) is 0 Å². The number of hydrogen-bond acceptors (Lipinski definition) is 5. The van der Waals surface area contributed by atoms with Crippen LogP contribution in [-0.4, -0.2) is 35.2 Å². The van der Waals surface area contributed by atoms with E-state index in [0.29, 0.717) is 11.7 Å². The molecule has 5 heteroatoms. The van der Waals surface area contributed by atoms with Gasteiger partial charge in [-0.25, -0.2) is 0 Å². The van der Waals surface area contributed by atoms with Crippen molar-refractivity contribution in [3.8, 4) is 11.5 Å². The molecule has 1 aliphatic rings. The molecule has 0 saturated heterocycles. The number of aromatic nitrogens is 2. The zero-order chi connectivity index (χ0) is 11.7. The molecule has 88 valence electrons. The van der Waals surface area contributed by atoms with Gasteiger partial charge in [0.2, 0.25) is 0 Å². The first-order valence-corrected chi connectivity index (χ1v) is 5.57. The third-order valence-corrected chi connectivity index (χ3v) is 2.82. The van der Waals surface area contributed by atoms with Gasteiger partial charge in [-0.2, -0.15) is 4.98 Å². The Hall–Kier alpha value is -1.88. The molecule has 0 fully saturated rings. The zero-order valence-electron chi connectivity index (χ0n) is 9.59. The number of rotatable bonds is 2. The van der Waals surface area contributed by atoms with Crippen molar-refractivity contribution in [1.29, 1.82) is 0 Å². The molecule has 0 bridgehead atoms. The molecule has 0 saturated carbocycles. The van der Waals surface area contributed by atoms with Crippen LogP contribution in [0.3, 0.4) is 0 Å². The first-order chi connectivity index (χ1) is 8.33. The van der Waals surface area contributed by atoms with Crippen LogP contribution < -0.4 is 0 Å². The van der Waals surface area contributed by atoms with Crippen molar-refractivity contribution in [3.63, 3.8) is 0 Å². The minimum Gasteiger partial charge on any atom is -0.472 e. The Morgan fingerprint density at radius 3 is 3.12 bits per heavy atom. The summed E-state index contributed by atoms with van der Waals surface area (Å²) in [5.74, 6) is 1.18. The first-order valence-electron chi connectivity index (χ1n) is 5.57.